The van der Waals surface area contributed by atoms with Crippen LogP contribution in [0.25, 0.3) is 0 Å². The van der Waals surface area contributed by atoms with Crippen LogP contribution in [0.3, 0.4) is 0 Å². The Labute approximate surface area is 80.1 Å². The molecule has 1 aliphatic rings. The van der Waals surface area contributed by atoms with E-state index in [0.717, 1.165) is 0 Å². The van der Waals surface area contributed by atoms with Gasteiger partial charge >= 0.3 is 0 Å². The molecule has 0 radical (unpaired) electrons. The fraction of sp³-hybridized carbons (Fsp3) is 0.875. The predicted molar refractivity (Wildman–Crippen MR) is 54.3 cm³/mol. The van der Waals surface area contributed by atoms with Gasteiger partial charge in [0.25, 0.3) is 5.24 Å². The summed E-state index contributed by atoms with van der Waals surface area (Å²) >= 11 is 0. The Bertz CT molecular complexity index is 194. The van der Waals surface area contributed by atoms with E-state index < -0.39 is 10.3 Å². The van der Waals surface area contributed by atoms with Gasteiger partial charge in [-0.05, 0) is 25.4 Å². The van der Waals surface area contributed by atoms with Gasteiger partial charge in [0.2, 0.25) is 0 Å². The van der Waals surface area contributed by atoms with Crippen molar-refractivity contribution in [2.45, 2.75) is 18.9 Å². The lowest BCUT2D eigenvalue weighted by Crippen LogP contribution is -2.40. The second-order valence-electron chi connectivity index (χ2n) is 3.76. The third-order valence-electron chi connectivity index (χ3n) is 2.15. The molecule has 0 unspecified atom stereocenters. The van der Waals surface area contributed by atoms with Crippen LogP contribution in [-0.2, 0) is 0 Å². The summed E-state index contributed by atoms with van der Waals surface area (Å²) in [7, 11) is -2.11. The summed E-state index contributed by atoms with van der Waals surface area (Å²) in [6.45, 7) is 1.13. The number of carbonyl (C=O) groups excluding carboxylic acids is 1. The molecule has 1 saturated heterocycles. The molecule has 1 aliphatic heterocycles. The van der Waals surface area contributed by atoms with Crippen LogP contribution in [0, 0.1) is 0 Å². The van der Waals surface area contributed by atoms with E-state index in [2.05, 4.69) is 0 Å². The highest BCUT2D eigenvalue weighted by atomic mass is 32.3. The minimum atomic E-state index is -2.11. The molecule has 5 heteroatoms. The number of hydrogen-bond donors (Lipinski definition) is 2. The van der Waals surface area contributed by atoms with Crippen LogP contribution in [0.4, 0.5) is 4.79 Å². The van der Waals surface area contributed by atoms with Crippen molar-refractivity contribution in [3.05, 3.63) is 0 Å². The first-order valence-corrected chi connectivity index (χ1v) is 6.74. The number of hydrogen-bond acceptors (Lipinski definition) is 3. The van der Waals surface area contributed by atoms with Crippen LogP contribution in [0.15, 0.2) is 0 Å². The molecule has 13 heavy (non-hydrogen) atoms. The number of aliphatic hydroxyl groups is 1. The Kier molecular flexibility index (Phi) is 3.21. The molecule has 78 valence electrons. The summed E-state index contributed by atoms with van der Waals surface area (Å²) in [6, 6.07) is 0. The highest BCUT2D eigenvalue weighted by Gasteiger charge is 2.28. The lowest BCUT2D eigenvalue weighted by atomic mass is 10.1. The molecule has 0 bridgehead atoms. The van der Waals surface area contributed by atoms with E-state index in [-0.39, 0.29) is 11.3 Å². The van der Waals surface area contributed by atoms with Crippen LogP contribution in [0.1, 0.15) is 12.8 Å². The van der Waals surface area contributed by atoms with Gasteiger partial charge < -0.3 is 14.6 Å². The lowest BCUT2D eigenvalue weighted by molar-refractivity contribution is 0.0995. The third kappa shape index (κ3) is 2.86. The molecule has 1 fully saturated rings. The Morgan fingerprint density at radius 3 is 2.23 bits per heavy atom. The van der Waals surface area contributed by atoms with Gasteiger partial charge in [-0.25, -0.2) is 0 Å². The monoisotopic (exact) mass is 207 g/mol. The lowest BCUT2D eigenvalue weighted by Gasteiger charge is -2.35. The van der Waals surface area contributed by atoms with Gasteiger partial charge in [0.05, 0.1) is 6.10 Å². The maximum atomic E-state index is 11.6. The summed E-state index contributed by atoms with van der Waals surface area (Å²) in [5.41, 5.74) is 0. The fourth-order valence-corrected chi connectivity index (χ4v) is 2.18. The zero-order valence-electron chi connectivity index (χ0n) is 8.06. The normalized spacial score (nSPS) is 21.7. The number of amides is 1. The highest BCUT2D eigenvalue weighted by Crippen LogP contribution is 2.38. The van der Waals surface area contributed by atoms with Crippen LogP contribution < -0.4 is 0 Å². The molecule has 2 N–H and O–H groups in total. The molecule has 1 amide bonds. The topological polar surface area (TPSA) is 60.8 Å². The Morgan fingerprint density at radius 1 is 1.38 bits per heavy atom. The first kappa shape index (κ1) is 10.8. The van der Waals surface area contributed by atoms with E-state index in [1.54, 1.807) is 17.4 Å². The summed E-state index contributed by atoms with van der Waals surface area (Å²) in [6.07, 6.45) is 4.12. The van der Waals surface area contributed by atoms with Gasteiger partial charge in [0.15, 0.2) is 0 Å². The number of aliphatic hydroxyl groups excluding tert-OH is 1. The van der Waals surface area contributed by atoms with E-state index >= 15 is 0 Å². The number of likely N-dealkylation sites (tertiary alicyclic amines) is 1. The number of rotatable bonds is 0. The quantitative estimate of drug-likeness (QED) is 0.625. The zero-order chi connectivity index (χ0) is 10.1. The van der Waals surface area contributed by atoms with E-state index in [0.29, 0.717) is 25.9 Å². The number of piperidine rings is 1. The van der Waals surface area contributed by atoms with Crippen molar-refractivity contribution in [3.8, 4) is 0 Å². The van der Waals surface area contributed by atoms with Crippen molar-refractivity contribution in [2.75, 3.05) is 25.6 Å². The van der Waals surface area contributed by atoms with E-state index in [9.17, 15) is 14.5 Å². The minimum Gasteiger partial charge on any atom is -0.393 e. The number of nitrogens with zero attached hydrogens (tertiary/aromatic N) is 1. The molecule has 1 heterocycles. The van der Waals surface area contributed by atoms with Gasteiger partial charge in [0, 0.05) is 13.1 Å². The molecule has 0 spiro atoms. The Morgan fingerprint density at radius 2 is 1.85 bits per heavy atom. The third-order valence-corrected chi connectivity index (χ3v) is 3.26. The first-order chi connectivity index (χ1) is 5.91. The van der Waals surface area contributed by atoms with Gasteiger partial charge in [0.1, 0.15) is 0 Å². The highest BCUT2D eigenvalue weighted by molar-refractivity contribution is 8.39. The Hall–Kier alpha value is -0.260. The van der Waals surface area contributed by atoms with Gasteiger partial charge in [-0.3, -0.25) is 4.79 Å². The molecular weight excluding hydrogens is 190 g/mol. The molecule has 4 nitrogen and oxygen atoms in total. The second-order valence-corrected chi connectivity index (χ2v) is 6.65. The van der Waals surface area contributed by atoms with Crippen molar-refractivity contribution in [1.82, 2.24) is 4.90 Å². The van der Waals surface area contributed by atoms with Crippen LogP contribution in [0.2, 0.25) is 0 Å². The van der Waals surface area contributed by atoms with Crippen molar-refractivity contribution < 1.29 is 14.5 Å². The van der Waals surface area contributed by atoms with Crippen LogP contribution in [0.5, 0.6) is 0 Å². The van der Waals surface area contributed by atoms with Gasteiger partial charge in [-0.1, -0.05) is 10.3 Å². The summed E-state index contributed by atoms with van der Waals surface area (Å²) < 4.78 is 9.53. The first-order valence-electron chi connectivity index (χ1n) is 4.34. The van der Waals surface area contributed by atoms with Crippen LogP contribution >= 0.6 is 10.3 Å². The molecule has 1 rings (SSSR count). The minimum absolute atomic E-state index is 0.167. The maximum Gasteiger partial charge on any atom is 0.285 e. The molecule has 0 atom stereocenters. The van der Waals surface area contributed by atoms with Crippen LogP contribution in [-0.4, -0.2) is 51.5 Å². The molecule has 0 saturated carbocycles. The molecule has 0 aromatic heterocycles. The molecule has 0 aromatic rings. The van der Waals surface area contributed by atoms with Gasteiger partial charge in [-0.15, -0.1) is 0 Å². The molecule has 0 aromatic carbocycles. The van der Waals surface area contributed by atoms with Crippen molar-refractivity contribution in [3.63, 3.8) is 0 Å². The zero-order valence-corrected chi connectivity index (χ0v) is 8.88. The summed E-state index contributed by atoms with van der Waals surface area (Å²) in [5, 5.41) is 9.05. The second kappa shape index (κ2) is 3.86. The largest absolute Gasteiger partial charge is 0.393 e. The van der Waals surface area contributed by atoms with E-state index in [1.807, 2.05) is 0 Å². The van der Waals surface area contributed by atoms with E-state index in [1.165, 1.54) is 0 Å². The summed E-state index contributed by atoms with van der Waals surface area (Å²) in [4.78, 5) is 13.2. The van der Waals surface area contributed by atoms with Crippen molar-refractivity contribution >= 4 is 15.5 Å². The average molecular weight is 207 g/mol. The predicted octanol–water partition coefficient (Wildman–Crippen LogP) is 1.10. The van der Waals surface area contributed by atoms with Crippen molar-refractivity contribution in [2.24, 2.45) is 0 Å². The van der Waals surface area contributed by atoms with E-state index in [4.69, 9.17) is 0 Å². The van der Waals surface area contributed by atoms with Crippen molar-refractivity contribution in [1.29, 1.82) is 0 Å². The average Bonchev–Trinajstić information content (AvgIpc) is 2.03. The maximum absolute atomic E-state index is 11.6. The smallest absolute Gasteiger partial charge is 0.285 e. The number of carbonyl (C=O) groups is 1. The Balaban J connectivity index is 2.50. The SMILES string of the molecule is CS(C)(O)C(=O)N1CCC(O)CC1. The molecular formula is C8H17NO3S. The van der Waals surface area contributed by atoms with Gasteiger partial charge in [-0.2, -0.15) is 0 Å². The summed E-state index contributed by atoms with van der Waals surface area (Å²) in [5.74, 6) is 0. The molecule has 0 aliphatic carbocycles. The fourth-order valence-electron chi connectivity index (χ4n) is 1.36. The standard InChI is InChI=1S/C8H17NO3S/c1-13(2,12)8(11)9-5-3-7(10)4-6-9/h7,10,12H,3-6H2,1-2H3.